The summed E-state index contributed by atoms with van der Waals surface area (Å²) in [5, 5.41) is 14.1. The van der Waals surface area contributed by atoms with Gasteiger partial charge in [0.25, 0.3) is 0 Å². The van der Waals surface area contributed by atoms with Crippen LogP contribution in [-0.4, -0.2) is 29.1 Å². The highest BCUT2D eigenvalue weighted by atomic mass is 16.3. The second kappa shape index (κ2) is 7.20. The van der Waals surface area contributed by atoms with Gasteiger partial charge in [-0.2, -0.15) is 0 Å². The Bertz CT molecular complexity index is 694. The van der Waals surface area contributed by atoms with Gasteiger partial charge in [-0.3, -0.25) is 0 Å². The SMILES string of the molecule is C[C@H](CNC[C@@](C)(O)c1ccccc1)N1C=Cc2ccccc2C1. The van der Waals surface area contributed by atoms with E-state index in [2.05, 4.69) is 53.7 Å². The molecular weight excluding hydrogens is 296 g/mol. The van der Waals surface area contributed by atoms with Crippen molar-refractivity contribution in [1.82, 2.24) is 10.2 Å². The summed E-state index contributed by atoms with van der Waals surface area (Å²) in [6.45, 7) is 6.37. The Hall–Kier alpha value is -2.10. The molecule has 0 aromatic heterocycles. The summed E-state index contributed by atoms with van der Waals surface area (Å²) in [7, 11) is 0. The molecule has 0 unspecified atom stereocenters. The zero-order valence-corrected chi connectivity index (χ0v) is 14.4. The fourth-order valence-electron chi connectivity index (χ4n) is 3.11. The summed E-state index contributed by atoms with van der Waals surface area (Å²) in [4.78, 5) is 2.34. The molecule has 2 atom stereocenters. The van der Waals surface area contributed by atoms with E-state index in [1.54, 1.807) is 0 Å². The average molecular weight is 322 g/mol. The molecule has 3 rings (SSSR count). The first-order chi connectivity index (χ1) is 11.6. The van der Waals surface area contributed by atoms with Gasteiger partial charge >= 0.3 is 0 Å². The fraction of sp³-hybridized carbons (Fsp3) is 0.333. The normalized spacial score (nSPS) is 17.2. The molecule has 0 fully saturated rings. The summed E-state index contributed by atoms with van der Waals surface area (Å²) < 4.78 is 0. The van der Waals surface area contributed by atoms with Crippen molar-refractivity contribution >= 4 is 6.08 Å². The van der Waals surface area contributed by atoms with Crippen molar-refractivity contribution in [2.24, 2.45) is 0 Å². The van der Waals surface area contributed by atoms with Crippen LogP contribution in [0.5, 0.6) is 0 Å². The molecule has 126 valence electrons. The second-order valence-electron chi connectivity index (χ2n) is 6.81. The van der Waals surface area contributed by atoms with Crippen molar-refractivity contribution in [3.05, 3.63) is 77.5 Å². The van der Waals surface area contributed by atoms with Gasteiger partial charge in [0.2, 0.25) is 0 Å². The molecular formula is C21H26N2O. The lowest BCUT2D eigenvalue weighted by atomic mass is 9.96. The third-order valence-electron chi connectivity index (χ3n) is 4.72. The minimum Gasteiger partial charge on any atom is -0.384 e. The Labute approximate surface area is 144 Å². The number of nitrogens with zero attached hydrogens (tertiary/aromatic N) is 1. The minimum atomic E-state index is -0.856. The van der Waals surface area contributed by atoms with E-state index in [9.17, 15) is 5.11 Å². The Balaban J connectivity index is 1.53. The molecule has 0 radical (unpaired) electrons. The van der Waals surface area contributed by atoms with Crippen LogP contribution >= 0.6 is 0 Å². The Morgan fingerprint density at radius 1 is 1.12 bits per heavy atom. The summed E-state index contributed by atoms with van der Waals surface area (Å²) in [5.74, 6) is 0. The predicted molar refractivity (Wildman–Crippen MR) is 99.4 cm³/mol. The van der Waals surface area contributed by atoms with Gasteiger partial charge in [-0.05, 0) is 36.6 Å². The molecule has 0 spiro atoms. The molecule has 0 amide bonds. The van der Waals surface area contributed by atoms with Crippen LogP contribution in [0.2, 0.25) is 0 Å². The summed E-state index contributed by atoms with van der Waals surface area (Å²) in [6.07, 6.45) is 4.35. The highest BCUT2D eigenvalue weighted by Gasteiger charge is 2.23. The van der Waals surface area contributed by atoms with E-state index in [-0.39, 0.29) is 0 Å². The van der Waals surface area contributed by atoms with Gasteiger partial charge in [0.15, 0.2) is 0 Å². The molecule has 1 aliphatic rings. The topological polar surface area (TPSA) is 35.5 Å². The standard InChI is InChI=1S/C21H26N2O/c1-17(23-13-12-18-8-6-7-9-19(18)15-23)14-22-16-21(2,24)20-10-4-3-5-11-20/h3-13,17,22,24H,14-16H2,1-2H3/t17-,21-/m1/s1. The van der Waals surface area contributed by atoms with Crippen molar-refractivity contribution < 1.29 is 5.11 Å². The van der Waals surface area contributed by atoms with E-state index in [4.69, 9.17) is 0 Å². The van der Waals surface area contributed by atoms with E-state index < -0.39 is 5.60 Å². The Morgan fingerprint density at radius 3 is 2.62 bits per heavy atom. The van der Waals surface area contributed by atoms with E-state index in [0.29, 0.717) is 12.6 Å². The third-order valence-corrected chi connectivity index (χ3v) is 4.72. The minimum absolute atomic E-state index is 0.362. The molecule has 1 heterocycles. The number of rotatable bonds is 6. The van der Waals surface area contributed by atoms with Crippen molar-refractivity contribution in [1.29, 1.82) is 0 Å². The molecule has 24 heavy (non-hydrogen) atoms. The number of fused-ring (bicyclic) bond motifs is 1. The highest BCUT2D eigenvalue weighted by Crippen LogP contribution is 2.21. The molecule has 1 aliphatic heterocycles. The van der Waals surface area contributed by atoms with Gasteiger partial charge in [-0.15, -0.1) is 0 Å². The van der Waals surface area contributed by atoms with Gasteiger partial charge in [0, 0.05) is 31.9 Å². The third kappa shape index (κ3) is 3.86. The quantitative estimate of drug-likeness (QED) is 0.856. The van der Waals surface area contributed by atoms with Crippen LogP contribution in [0, 0.1) is 0 Å². The Kier molecular flexibility index (Phi) is 5.03. The van der Waals surface area contributed by atoms with Crippen molar-refractivity contribution in [3.63, 3.8) is 0 Å². The lowest BCUT2D eigenvalue weighted by molar-refractivity contribution is 0.0554. The summed E-state index contributed by atoms with van der Waals surface area (Å²) in [5.41, 5.74) is 2.76. The molecule has 0 saturated carbocycles. The number of hydrogen-bond donors (Lipinski definition) is 2. The maximum Gasteiger partial charge on any atom is 0.0992 e. The van der Waals surface area contributed by atoms with Crippen LogP contribution in [-0.2, 0) is 12.1 Å². The van der Waals surface area contributed by atoms with Gasteiger partial charge in [0.1, 0.15) is 0 Å². The molecule has 2 aromatic rings. The molecule has 2 N–H and O–H groups in total. The zero-order chi connectivity index (χ0) is 17.0. The number of nitrogens with one attached hydrogen (secondary N) is 1. The summed E-state index contributed by atoms with van der Waals surface area (Å²) in [6, 6.07) is 18.7. The molecule has 0 aliphatic carbocycles. The smallest absolute Gasteiger partial charge is 0.0992 e. The average Bonchev–Trinajstić information content (AvgIpc) is 2.62. The highest BCUT2D eigenvalue weighted by molar-refractivity contribution is 5.55. The first-order valence-electron chi connectivity index (χ1n) is 8.57. The number of benzene rings is 2. The molecule has 0 saturated heterocycles. The maximum atomic E-state index is 10.6. The van der Waals surface area contributed by atoms with E-state index >= 15 is 0 Å². The van der Waals surface area contributed by atoms with Crippen molar-refractivity contribution in [3.8, 4) is 0 Å². The second-order valence-corrected chi connectivity index (χ2v) is 6.81. The van der Waals surface area contributed by atoms with Crippen LogP contribution in [0.3, 0.4) is 0 Å². The summed E-state index contributed by atoms with van der Waals surface area (Å²) >= 11 is 0. The Morgan fingerprint density at radius 2 is 1.83 bits per heavy atom. The lowest BCUT2D eigenvalue weighted by Crippen LogP contribution is -2.42. The van der Waals surface area contributed by atoms with Crippen LogP contribution in [0.25, 0.3) is 6.08 Å². The molecule has 2 aromatic carbocycles. The van der Waals surface area contributed by atoms with Gasteiger partial charge in [-0.1, -0.05) is 54.6 Å². The van der Waals surface area contributed by atoms with Crippen molar-refractivity contribution in [2.45, 2.75) is 32.0 Å². The van der Waals surface area contributed by atoms with Crippen molar-refractivity contribution in [2.75, 3.05) is 13.1 Å². The van der Waals surface area contributed by atoms with Crippen LogP contribution in [0.4, 0.5) is 0 Å². The van der Waals surface area contributed by atoms with Gasteiger partial charge < -0.3 is 15.3 Å². The predicted octanol–water partition coefficient (Wildman–Crippen LogP) is 3.36. The first-order valence-corrected chi connectivity index (χ1v) is 8.57. The number of aliphatic hydroxyl groups is 1. The van der Waals surface area contributed by atoms with E-state index in [1.165, 1.54) is 11.1 Å². The lowest BCUT2D eigenvalue weighted by Gasteiger charge is -2.32. The monoisotopic (exact) mass is 322 g/mol. The number of hydrogen-bond acceptors (Lipinski definition) is 3. The van der Waals surface area contributed by atoms with Gasteiger partial charge in [0.05, 0.1) is 5.60 Å². The van der Waals surface area contributed by atoms with Crippen LogP contribution in [0.15, 0.2) is 60.8 Å². The first kappa shape index (κ1) is 16.7. The molecule has 3 heteroatoms. The molecule has 0 bridgehead atoms. The zero-order valence-electron chi connectivity index (χ0n) is 14.4. The fourth-order valence-corrected chi connectivity index (χ4v) is 3.11. The van der Waals surface area contributed by atoms with Crippen LogP contribution < -0.4 is 5.32 Å². The maximum absolute atomic E-state index is 10.6. The van der Waals surface area contributed by atoms with E-state index in [1.807, 2.05) is 37.3 Å². The van der Waals surface area contributed by atoms with Gasteiger partial charge in [-0.25, -0.2) is 0 Å². The van der Waals surface area contributed by atoms with E-state index in [0.717, 1.165) is 18.7 Å². The molecule has 3 nitrogen and oxygen atoms in total. The largest absolute Gasteiger partial charge is 0.384 e. The van der Waals surface area contributed by atoms with Crippen LogP contribution in [0.1, 0.15) is 30.5 Å².